The van der Waals surface area contributed by atoms with Gasteiger partial charge in [-0.2, -0.15) is 0 Å². The summed E-state index contributed by atoms with van der Waals surface area (Å²) in [6.45, 7) is 6.72. The molecule has 1 saturated heterocycles. The van der Waals surface area contributed by atoms with Crippen LogP contribution >= 0.6 is 0 Å². The maximum absolute atomic E-state index is 4.24. The number of rotatable bonds is 1. The van der Waals surface area contributed by atoms with Crippen LogP contribution in [-0.4, -0.2) is 23.1 Å². The second-order valence-electron chi connectivity index (χ2n) is 4.38. The van der Waals surface area contributed by atoms with Crippen LogP contribution in [-0.2, 0) is 0 Å². The summed E-state index contributed by atoms with van der Waals surface area (Å²) in [4.78, 5) is 10.7. The van der Waals surface area contributed by atoms with Gasteiger partial charge < -0.3 is 4.90 Å². The molecule has 0 radical (unpaired) electrons. The first kappa shape index (κ1) is 8.48. The third-order valence-electron chi connectivity index (χ3n) is 2.51. The molecular formula is C10H15N3. The molecule has 0 atom stereocenters. The molecular weight excluding hydrogens is 162 g/mol. The molecule has 0 unspecified atom stereocenters. The minimum absolute atomic E-state index is 0.416. The fraction of sp³-hybridized carbons (Fsp3) is 0.600. The summed E-state index contributed by atoms with van der Waals surface area (Å²) in [5, 5.41) is 0. The lowest BCUT2D eigenvalue weighted by molar-refractivity contribution is 0.418. The largest absolute Gasteiger partial charge is 0.340 e. The van der Waals surface area contributed by atoms with Crippen LogP contribution in [0.4, 0.5) is 5.95 Å². The molecule has 2 heterocycles. The van der Waals surface area contributed by atoms with Crippen molar-refractivity contribution in [3.63, 3.8) is 0 Å². The summed E-state index contributed by atoms with van der Waals surface area (Å²) < 4.78 is 0. The SMILES string of the molecule is CC1(C)CCN(c2ncccn2)C1. The van der Waals surface area contributed by atoms with Crippen molar-refractivity contribution < 1.29 is 0 Å². The maximum Gasteiger partial charge on any atom is 0.225 e. The Balaban J connectivity index is 2.13. The topological polar surface area (TPSA) is 29.0 Å². The number of nitrogens with zero attached hydrogens (tertiary/aromatic N) is 3. The molecule has 0 aliphatic carbocycles. The zero-order valence-electron chi connectivity index (χ0n) is 8.20. The zero-order chi connectivity index (χ0) is 9.31. The van der Waals surface area contributed by atoms with Crippen LogP contribution in [0.3, 0.4) is 0 Å². The average molecular weight is 177 g/mol. The fourth-order valence-electron chi connectivity index (χ4n) is 1.74. The second-order valence-corrected chi connectivity index (χ2v) is 4.38. The molecule has 70 valence electrons. The van der Waals surface area contributed by atoms with Gasteiger partial charge in [0.25, 0.3) is 0 Å². The van der Waals surface area contributed by atoms with Crippen molar-refractivity contribution in [2.45, 2.75) is 20.3 Å². The monoisotopic (exact) mass is 177 g/mol. The summed E-state index contributed by atoms with van der Waals surface area (Å²) in [7, 11) is 0. The van der Waals surface area contributed by atoms with Crippen LogP contribution in [0, 0.1) is 5.41 Å². The van der Waals surface area contributed by atoms with Gasteiger partial charge in [-0.15, -0.1) is 0 Å². The lowest BCUT2D eigenvalue weighted by Crippen LogP contribution is -2.24. The van der Waals surface area contributed by atoms with Gasteiger partial charge in [-0.1, -0.05) is 13.8 Å². The van der Waals surface area contributed by atoms with Crippen LogP contribution in [0.2, 0.25) is 0 Å². The van der Waals surface area contributed by atoms with Gasteiger partial charge in [0.1, 0.15) is 0 Å². The molecule has 0 bridgehead atoms. The van der Waals surface area contributed by atoms with E-state index in [9.17, 15) is 0 Å². The van der Waals surface area contributed by atoms with Gasteiger partial charge in [-0.3, -0.25) is 0 Å². The van der Waals surface area contributed by atoms with E-state index in [4.69, 9.17) is 0 Å². The normalized spacial score (nSPS) is 20.6. The lowest BCUT2D eigenvalue weighted by Gasteiger charge is -2.19. The number of hydrogen-bond donors (Lipinski definition) is 0. The third-order valence-corrected chi connectivity index (χ3v) is 2.51. The standard InChI is InChI=1S/C10H15N3/c1-10(2)4-7-13(8-10)9-11-5-3-6-12-9/h3,5-6H,4,7-8H2,1-2H3. The Bertz CT molecular complexity index is 281. The van der Waals surface area contributed by atoms with E-state index >= 15 is 0 Å². The maximum atomic E-state index is 4.24. The lowest BCUT2D eigenvalue weighted by atomic mass is 9.93. The van der Waals surface area contributed by atoms with Gasteiger partial charge >= 0.3 is 0 Å². The predicted molar refractivity (Wildman–Crippen MR) is 52.6 cm³/mol. The third kappa shape index (κ3) is 1.79. The Morgan fingerprint density at radius 3 is 2.54 bits per heavy atom. The van der Waals surface area contributed by atoms with Crippen molar-refractivity contribution in [3.05, 3.63) is 18.5 Å². The van der Waals surface area contributed by atoms with E-state index in [0.717, 1.165) is 19.0 Å². The molecule has 3 heteroatoms. The van der Waals surface area contributed by atoms with Crippen molar-refractivity contribution >= 4 is 5.95 Å². The van der Waals surface area contributed by atoms with Gasteiger partial charge in [-0.25, -0.2) is 9.97 Å². The van der Waals surface area contributed by atoms with Crippen molar-refractivity contribution in [1.29, 1.82) is 0 Å². The minimum atomic E-state index is 0.416. The Morgan fingerprint density at radius 1 is 1.31 bits per heavy atom. The summed E-state index contributed by atoms with van der Waals surface area (Å²) >= 11 is 0. The average Bonchev–Trinajstić information content (AvgIpc) is 2.48. The van der Waals surface area contributed by atoms with E-state index < -0.39 is 0 Å². The van der Waals surface area contributed by atoms with Crippen molar-refractivity contribution in [2.24, 2.45) is 5.41 Å². The van der Waals surface area contributed by atoms with Crippen LogP contribution < -0.4 is 4.90 Å². The summed E-state index contributed by atoms with van der Waals surface area (Å²) in [5.41, 5.74) is 0.416. The van der Waals surface area contributed by atoms with Crippen LogP contribution in [0.25, 0.3) is 0 Å². The Labute approximate surface area is 78.8 Å². The second kappa shape index (κ2) is 2.98. The van der Waals surface area contributed by atoms with Gasteiger partial charge in [0.2, 0.25) is 5.95 Å². The molecule has 1 aromatic heterocycles. The van der Waals surface area contributed by atoms with Gasteiger partial charge in [0.15, 0.2) is 0 Å². The first-order valence-electron chi connectivity index (χ1n) is 4.69. The predicted octanol–water partition coefficient (Wildman–Crippen LogP) is 1.71. The van der Waals surface area contributed by atoms with Gasteiger partial charge in [-0.05, 0) is 17.9 Å². The van der Waals surface area contributed by atoms with E-state index in [1.807, 2.05) is 6.07 Å². The molecule has 1 fully saturated rings. The number of aromatic nitrogens is 2. The van der Waals surface area contributed by atoms with E-state index in [2.05, 4.69) is 28.7 Å². The molecule has 1 aliphatic heterocycles. The van der Waals surface area contributed by atoms with Crippen molar-refractivity contribution in [1.82, 2.24) is 9.97 Å². The van der Waals surface area contributed by atoms with Gasteiger partial charge in [0, 0.05) is 25.5 Å². The highest BCUT2D eigenvalue weighted by Crippen LogP contribution is 2.30. The first-order valence-corrected chi connectivity index (χ1v) is 4.69. The minimum Gasteiger partial charge on any atom is -0.340 e. The van der Waals surface area contributed by atoms with E-state index in [1.165, 1.54) is 6.42 Å². The van der Waals surface area contributed by atoms with Gasteiger partial charge in [0.05, 0.1) is 0 Å². The first-order chi connectivity index (χ1) is 6.17. The van der Waals surface area contributed by atoms with Crippen molar-refractivity contribution in [3.8, 4) is 0 Å². The number of hydrogen-bond acceptors (Lipinski definition) is 3. The molecule has 2 rings (SSSR count). The molecule has 13 heavy (non-hydrogen) atoms. The highest BCUT2D eigenvalue weighted by Gasteiger charge is 2.30. The quantitative estimate of drug-likeness (QED) is 0.654. The van der Waals surface area contributed by atoms with E-state index in [-0.39, 0.29) is 0 Å². The highest BCUT2D eigenvalue weighted by atomic mass is 15.3. The Kier molecular flexibility index (Phi) is 1.94. The molecule has 0 saturated carbocycles. The molecule has 1 aliphatic rings. The summed E-state index contributed by atoms with van der Waals surface area (Å²) in [6, 6.07) is 1.85. The zero-order valence-corrected chi connectivity index (χ0v) is 8.20. The molecule has 0 amide bonds. The van der Waals surface area contributed by atoms with Crippen molar-refractivity contribution in [2.75, 3.05) is 18.0 Å². The molecule has 1 aromatic rings. The summed E-state index contributed by atoms with van der Waals surface area (Å²) in [6.07, 6.45) is 4.83. The fourth-order valence-corrected chi connectivity index (χ4v) is 1.74. The van der Waals surface area contributed by atoms with Crippen LogP contribution in [0.15, 0.2) is 18.5 Å². The molecule has 3 nitrogen and oxygen atoms in total. The molecule has 0 spiro atoms. The smallest absolute Gasteiger partial charge is 0.225 e. The van der Waals surface area contributed by atoms with Crippen LogP contribution in [0.1, 0.15) is 20.3 Å². The summed E-state index contributed by atoms with van der Waals surface area (Å²) in [5.74, 6) is 0.869. The Morgan fingerprint density at radius 2 is 2.00 bits per heavy atom. The molecule has 0 N–H and O–H groups in total. The number of anilines is 1. The highest BCUT2D eigenvalue weighted by molar-refractivity contribution is 5.31. The Hall–Kier alpha value is -1.12. The van der Waals surface area contributed by atoms with E-state index in [0.29, 0.717) is 5.41 Å². The van der Waals surface area contributed by atoms with E-state index in [1.54, 1.807) is 12.4 Å². The van der Waals surface area contributed by atoms with Crippen LogP contribution in [0.5, 0.6) is 0 Å². The molecule has 0 aromatic carbocycles.